The molecule has 0 spiro atoms. The molecule has 1 aromatic rings. The van der Waals surface area contributed by atoms with Crippen LogP contribution in [0.2, 0.25) is 0 Å². The first-order chi connectivity index (χ1) is 7.79. The minimum atomic E-state index is -0.0200. The van der Waals surface area contributed by atoms with Gasteiger partial charge in [-0.1, -0.05) is 0 Å². The standard InChI is InChI=1S/C12H19N3O/c1-14-6-8-15(9-7-14)12-4-2-11(3-5-12)13-10-16/h2-5,13,16H,6-10H2,1H3. The molecule has 2 N–H and O–H groups in total. The van der Waals surface area contributed by atoms with Gasteiger partial charge in [0.1, 0.15) is 6.73 Å². The maximum atomic E-state index is 8.74. The predicted molar refractivity (Wildman–Crippen MR) is 66.9 cm³/mol. The summed E-state index contributed by atoms with van der Waals surface area (Å²) in [6, 6.07) is 8.21. The van der Waals surface area contributed by atoms with E-state index in [1.54, 1.807) is 0 Å². The summed E-state index contributed by atoms with van der Waals surface area (Å²) in [6.07, 6.45) is 0. The summed E-state index contributed by atoms with van der Waals surface area (Å²) in [6.45, 7) is 4.40. The van der Waals surface area contributed by atoms with E-state index in [9.17, 15) is 0 Å². The van der Waals surface area contributed by atoms with Gasteiger partial charge in [-0.15, -0.1) is 0 Å². The smallest absolute Gasteiger partial charge is 0.113 e. The van der Waals surface area contributed by atoms with Crippen LogP contribution in [0.3, 0.4) is 0 Å². The lowest BCUT2D eigenvalue weighted by Crippen LogP contribution is -2.44. The molecular formula is C12H19N3O. The molecule has 1 saturated heterocycles. The number of rotatable bonds is 3. The van der Waals surface area contributed by atoms with Crippen molar-refractivity contribution in [2.75, 3.05) is 50.2 Å². The molecule has 0 aromatic heterocycles. The van der Waals surface area contributed by atoms with Crippen LogP contribution < -0.4 is 10.2 Å². The number of anilines is 2. The van der Waals surface area contributed by atoms with Gasteiger partial charge < -0.3 is 20.2 Å². The van der Waals surface area contributed by atoms with E-state index in [0.717, 1.165) is 31.9 Å². The molecule has 1 heterocycles. The van der Waals surface area contributed by atoms with Crippen LogP contribution in [-0.4, -0.2) is 50.0 Å². The van der Waals surface area contributed by atoms with Crippen molar-refractivity contribution in [3.8, 4) is 0 Å². The van der Waals surface area contributed by atoms with Crippen LogP contribution in [0.1, 0.15) is 0 Å². The van der Waals surface area contributed by atoms with Crippen molar-refractivity contribution >= 4 is 11.4 Å². The molecule has 0 bridgehead atoms. The van der Waals surface area contributed by atoms with Crippen LogP contribution in [0.4, 0.5) is 11.4 Å². The molecule has 1 aliphatic rings. The molecule has 4 nitrogen and oxygen atoms in total. The molecule has 0 radical (unpaired) electrons. The van der Waals surface area contributed by atoms with E-state index in [1.807, 2.05) is 12.1 Å². The fraction of sp³-hybridized carbons (Fsp3) is 0.500. The van der Waals surface area contributed by atoms with Gasteiger partial charge in [0.15, 0.2) is 0 Å². The maximum Gasteiger partial charge on any atom is 0.113 e. The minimum absolute atomic E-state index is 0.0200. The summed E-state index contributed by atoms with van der Waals surface area (Å²) in [5.74, 6) is 0. The van der Waals surface area contributed by atoms with Gasteiger partial charge in [0.05, 0.1) is 0 Å². The first-order valence-corrected chi connectivity index (χ1v) is 5.68. The van der Waals surface area contributed by atoms with Gasteiger partial charge in [0, 0.05) is 37.6 Å². The van der Waals surface area contributed by atoms with Crippen LogP contribution in [0.15, 0.2) is 24.3 Å². The Hall–Kier alpha value is -1.26. The molecule has 88 valence electrons. The number of aliphatic hydroxyl groups excluding tert-OH is 1. The number of piperazine rings is 1. The van der Waals surface area contributed by atoms with Crippen LogP contribution in [0.5, 0.6) is 0 Å². The number of benzene rings is 1. The molecule has 1 fully saturated rings. The average Bonchev–Trinajstić information content (AvgIpc) is 2.32. The highest BCUT2D eigenvalue weighted by Crippen LogP contribution is 2.18. The van der Waals surface area contributed by atoms with E-state index in [0.29, 0.717) is 0 Å². The van der Waals surface area contributed by atoms with Crippen molar-refractivity contribution in [1.82, 2.24) is 4.90 Å². The summed E-state index contributed by atoms with van der Waals surface area (Å²) < 4.78 is 0. The highest BCUT2D eigenvalue weighted by molar-refractivity contribution is 5.55. The van der Waals surface area contributed by atoms with Crippen molar-refractivity contribution in [2.45, 2.75) is 0 Å². The van der Waals surface area contributed by atoms with Crippen molar-refractivity contribution in [3.05, 3.63) is 24.3 Å². The fourth-order valence-corrected chi connectivity index (χ4v) is 1.95. The van der Waals surface area contributed by atoms with Gasteiger partial charge in [-0.2, -0.15) is 0 Å². The second kappa shape index (κ2) is 5.18. The summed E-state index contributed by atoms with van der Waals surface area (Å²) in [5, 5.41) is 11.6. The predicted octanol–water partition coefficient (Wildman–Crippen LogP) is 0.800. The van der Waals surface area contributed by atoms with E-state index < -0.39 is 0 Å². The highest BCUT2D eigenvalue weighted by atomic mass is 16.3. The van der Waals surface area contributed by atoms with Gasteiger partial charge in [0.2, 0.25) is 0 Å². The van der Waals surface area contributed by atoms with Crippen LogP contribution in [0.25, 0.3) is 0 Å². The van der Waals surface area contributed by atoms with Crippen molar-refractivity contribution < 1.29 is 5.11 Å². The molecular weight excluding hydrogens is 202 g/mol. The number of nitrogens with zero attached hydrogens (tertiary/aromatic N) is 2. The maximum absolute atomic E-state index is 8.74. The molecule has 0 aliphatic carbocycles. The summed E-state index contributed by atoms with van der Waals surface area (Å²) in [7, 11) is 2.16. The lowest BCUT2D eigenvalue weighted by Gasteiger charge is -2.34. The molecule has 0 atom stereocenters. The molecule has 4 heteroatoms. The van der Waals surface area contributed by atoms with Crippen molar-refractivity contribution in [1.29, 1.82) is 0 Å². The Morgan fingerprint density at radius 1 is 1.12 bits per heavy atom. The number of hydrogen-bond donors (Lipinski definition) is 2. The second-order valence-electron chi connectivity index (χ2n) is 4.17. The van der Waals surface area contributed by atoms with E-state index in [-0.39, 0.29) is 6.73 Å². The van der Waals surface area contributed by atoms with E-state index in [2.05, 4.69) is 34.3 Å². The van der Waals surface area contributed by atoms with E-state index >= 15 is 0 Å². The van der Waals surface area contributed by atoms with Crippen LogP contribution in [0, 0.1) is 0 Å². The minimum Gasteiger partial charge on any atom is -0.377 e. The normalized spacial score (nSPS) is 17.5. The molecule has 1 aromatic carbocycles. The lowest BCUT2D eigenvalue weighted by atomic mass is 10.2. The first-order valence-electron chi connectivity index (χ1n) is 5.68. The third-order valence-electron chi connectivity index (χ3n) is 3.02. The Morgan fingerprint density at radius 3 is 2.31 bits per heavy atom. The lowest BCUT2D eigenvalue weighted by molar-refractivity contribution is 0.313. The Bertz CT molecular complexity index is 318. The second-order valence-corrected chi connectivity index (χ2v) is 4.17. The Kier molecular flexibility index (Phi) is 3.64. The SMILES string of the molecule is CN1CCN(c2ccc(NCO)cc2)CC1. The third kappa shape index (κ3) is 2.65. The van der Waals surface area contributed by atoms with Crippen LogP contribution in [-0.2, 0) is 0 Å². The summed E-state index contributed by atoms with van der Waals surface area (Å²) in [5.41, 5.74) is 2.22. The number of hydrogen-bond acceptors (Lipinski definition) is 4. The average molecular weight is 221 g/mol. The molecule has 0 amide bonds. The zero-order valence-electron chi connectivity index (χ0n) is 9.69. The molecule has 1 aliphatic heterocycles. The van der Waals surface area contributed by atoms with Gasteiger partial charge >= 0.3 is 0 Å². The summed E-state index contributed by atoms with van der Waals surface area (Å²) >= 11 is 0. The van der Waals surface area contributed by atoms with Crippen molar-refractivity contribution in [3.63, 3.8) is 0 Å². The Labute approximate surface area is 96.5 Å². The zero-order valence-corrected chi connectivity index (χ0v) is 9.69. The molecule has 16 heavy (non-hydrogen) atoms. The third-order valence-corrected chi connectivity index (χ3v) is 3.02. The number of nitrogens with one attached hydrogen (secondary N) is 1. The largest absolute Gasteiger partial charge is 0.377 e. The van der Waals surface area contributed by atoms with Gasteiger partial charge in [-0.05, 0) is 31.3 Å². The monoisotopic (exact) mass is 221 g/mol. The van der Waals surface area contributed by atoms with Gasteiger partial charge in [-0.25, -0.2) is 0 Å². The fourth-order valence-electron chi connectivity index (χ4n) is 1.95. The van der Waals surface area contributed by atoms with Gasteiger partial charge in [0.25, 0.3) is 0 Å². The summed E-state index contributed by atoms with van der Waals surface area (Å²) in [4.78, 5) is 4.74. The number of likely N-dealkylation sites (N-methyl/N-ethyl adjacent to an activating group) is 1. The highest BCUT2D eigenvalue weighted by Gasteiger charge is 2.13. The molecule has 0 unspecified atom stereocenters. The first kappa shape index (κ1) is 11.2. The van der Waals surface area contributed by atoms with E-state index in [1.165, 1.54) is 5.69 Å². The number of aliphatic hydroxyl groups is 1. The zero-order chi connectivity index (χ0) is 11.4. The quantitative estimate of drug-likeness (QED) is 0.741. The Morgan fingerprint density at radius 2 is 1.75 bits per heavy atom. The van der Waals surface area contributed by atoms with Gasteiger partial charge in [-0.3, -0.25) is 0 Å². The topological polar surface area (TPSA) is 38.7 Å². The van der Waals surface area contributed by atoms with Crippen LogP contribution >= 0.6 is 0 Å². The molecule has 0 saturated carbocycles. The Balaban J connectivity index is 1.98. The molecule has 2 rings (SSSR count). The van der Waals surface area contributed by atoms with Crippen molar-refractivity contribution in [2.24, 2.45) is 0 Å². The van der Waals surface area contributed by atoms with E-state index in [4.69, 9.17) is 5.11 Å².